The van der Waals surface area contributed by atoms with E-state index in [1.807, 2.05) is 35.4 Å². The van der Waals surface area contributed by atoms with Crippen LogP contribution in [0.3, 0.4) is 0 Å². The Hall–Kier alpha value is -2.50. The zero-order chi connectivity index (χ0) is 19.3. The standard InChI is InChI=1S/C23H27N3O2/c1-2-21-4-3-11-26(21)23(27)20-8-6-19(7-9-20)22-10-5-18(16-24-22)17-25-12-14-28-15-13-25/h3-10,16,21H,2,11-15,17H2,1H3. The van der Waals surface area contributed by atoms with Crippen LogP contribution < -0.4 is 0 Å². The van der Waals surface area contributed by atoms with Gasteiger partial charge >= 0.3 is 0 Å². The predicted octanol–water partition coefficient (Wildman–Crippen LogP) is 3.37. The molecule has 0 aliphatic carbocycles. The van der Waals surface area contributed by atoms with Crippen LogP contribution >= 0.6 is 0 Å². The van der Waals surface area contributed by atoms with Crippen molar-refractivity contribution < 1.29 is 9.53 Å². The first-order valence-electron chi connectivity index (χ1n) is 10.1. The van der Waals surface area contributed by atoms with Crippen molar-refractivity contribution in [3.8, 4) is 11.3 Å². The van der Waals surface area contributed by atoms with Gasteiger partial charge in [-0.15, -0.1) is 0 Å². The second-order valence-electron chi connectivity index (χ2n) is 7.38. The Morgan fingerprint density at radius 1 is 1.14 bits per heavy atom. The number of morpholine rings is 1. The molecule has 1 atom stereocenters. The molecule has 1 fully saturated rings. The van der Waals surface area contributed by atoms with E-state index in [4.69, 9.17) is 4.74 Å². The number of aromatic nitrogens is 1. The van der Waals surface area contributed by atoms with Crippen LogP contribution in [0.2, 0.25) is 0 Å². The van der Waals surface area contributed by atoms with Gasteiger partial charge in [0.1, 0.15) is 0 Å². The van der Waals surface area contributed by atoms with Gasteiger partial charge in [-0.25, -0.2) is 0 Å². The minimum Gasteiger partial charge on any atom is -0.379 e. The van der Waals surface area contributed by atoms with Gasteiger partial charge in [-0.3, -0.25) is 14.7 Å². The fourth-order valence-corrected chi connectivity index (χ4v) is 3.82. The Kier molecular flexibility index (Phi) is 5.84. The van der Waals surface area contributed by atoms with Crippen LogP contribution in [0.1, 0.15) is 29.3 Å². The molecular formula is C23H27N3O2. The van der Waals surface area contributed by atoms with Gasteiger partial charge in [0, 0.05) is 43.5 Å². The van der Waals surface area contributed by atoms with Crippen LogP contribution in [0.5, 0.6) is 0 Å². The van der Waals surface area contributed by atoms with Gasteiger partial charge in [-0.2, -0.15) is 0 Å². The quantitative estimate of drug-likeness (QED) is 0.750. The molecule has 4 rings (SSSR count). The third-order valence-corrected chi connectivity index (χ3v) is 5.50. The zero-order valence-corrected chi connectivity index (χ0v) is 16.4. The van der Waals surface area contributed by atoms with Crippen molar-refractivity contribution in [1.29, 1.82) is 0 Å². The summed E-state index contributed by atoms with van der Waals surface area (Å²) in [5, 5.41) is 0. The number of rotatable bonds is 5. The first-order chi connectivity index (χ1) is 13.7. The lowest BCUT2D eigenvalue weighted by Crippen LogP contribution is -2.35. The van der Waals surface area contributed by atoms with Crippen LogP contribution in [-0.2, 0) is 11.3 Å². The highest BCUT2D eigenvalue weighted by Crippen LogP contribution is 2.21. The van der Waals surface area contributed by atoms with Crippen LogP contribution in [0, 0.1) is 0 Å². The lowest BCUT2D eigenvalue weighted by Gasteiger charge is -2.26. The molecule has 5 nitrogen and oxygen atoms in total. The average Bonchev–Trinajstić information content (AvgIpc) is 3.24. The van der Waals surface area contributed by atoms with Crippen LogP contribution in [0.25, 0.3) is 11.3 Å². The summed E-state index contributed by atoms with van der Waals surface area (Å²) >= 11 is 0. The molecule has 2 aliphatic heterocycles. The Balaban J connectivity index is 1.41. The van der Waals surface area contributed by atoms with E-state index in [0.29, 0.717) is 6.54 Å². The molecule has 2 aliphatic rings. The molecule has 0 N–H and O–H groups in total. The van der Waals surface area contributed by atoms with Gasteiger partial charge in [-0.1, -0.05) is 37.3 Å². The van der Waals surface area contributed by atoms with Crippen molar-refractivity contribution in [2.45, 2.75) is 25.9 Å². The van der Waals surface area contributed by atoms with E-state index in [2.05, 4.69) is 41.1 Å². The lowest BCUT2D eigenvalue weighted by atomic mass is 10.1. The number of carbonyl (C=O) groups is 1. The van der Waals surface area contributed by atoms with Gasteiger partial charge < -0.3 is 9.64 Å². The van der Waals surface area contributed by atoms with Crippen LogP contribution in [0.15, 0.2) is 54.7 Å². The summed E-state index contributed by atoms with van der Waals surface area (Å²) in [4.78, 5) is 21.7. The number of nitrogens with zero attached hydrogens (tertiary/aromatic N) is 3. The number of ether oxygens (including phenoxy) is 1. The Bertz CT molecular complexity index is 824. The first kappa shape index (κ1) is 18.8. The summed E-state index contributed by atoms with van der Waals surface area (Å²) < 4.78 is 5.40. The van der Waals surface area contributed by atoms with E-state index in [9.17, 15) is 4.79 Å². The maximum absolute atomic E-state index is 12.8. The van der Waals surface area contributed by atoms with Gasteiger partial charge in [0.25, 0.3) is 5.91 Å². The predicted molar refractivity (Wildman–Crippen MR) is 110 cm³/mol. The molecule has 1 saturated heterocycles. The molecule has 1 amide bonds. The largest absolute Gasteiger partial charge is 0.379 e. The molecule has 1 unspecified atom stereocenters. The second kappa shape index (κ2) is 8.67. The van der Waals surface area contributed by atoms with E-state index < -0.39 is 0 Å². The Morgan fingerprint density at radius 3 is 2.61 bits per heavy atom. The molecule has 1 aromatic heterocycles. The van der Waals surface area contributed by atoms with Crippen molar-refractivity contribution in [3.63, 3.8) is 0 Å². The third-order valence-electron chi connectivity index (χ3n) is 5.50. The molecule has 0 spiro atoms. The molecule has 146 valence electrons. The minimum absolute atomic E-state index is 0.0946. The first-order valence-corrected chi connectivity index (χ1v) is 10.1. The van der Waals surface area contributed by atoms with Crippen LogP contribution in [-0.4, -0.2) is 59.6 Å². The normalized spacial score (nSPS) is 19.9. The molecule has 1 aromatic carbocycles. The highest BCUT2D eigenvalue weighted by atomic mass is 16.5. The molecule has 0 saturated carbocycles. The highest BCUT2D eigenvalue weighted by Gasteiger charge is 2.24. The lowest BCUT2D eigenvalue weighted by molar-refractivity contribution is 0.0341. The van der Waals surface area contributed by atoms with E-state index >= 15 is 0 Å². The highest BCUT2D eigenvalue weighted by molar-refractivity contribution is 5.95. The number of hydrogen-bond acceptors (Lipinski definition) is 4. The number of benzene rings is 1. The maximum atomic E-state index is 12.8. The van der Waals surface area contributed by atoms with Gasteiger partial charge in [0.05, 0.1) is 24.9 Å². The second-order valence-corrected chi connectivity index (χ2v) is 7.38. The summed E-state index contributed by atoms with van der Waals surface area (Å²) in [7, 11) is 0. The van der Waals surface area contributed by atoms with E-state index in [-0.39, 0.29) is 11.9 Å². The molecule has 0 bridgehead atoms. The van der Waals surface area contributed by atoms with E-state index in [0.717, 1.165) is 56.1 Å². The molecule has 5 heteroatoms. The molecular weight excluding hydrogens is 350 g/mol. The van der Waals surface area contributed by atoms with Gasteiger partial charge in [-0.05, 0) is 30.2 Å². The number of amides is 1. The molecule has 0 radical (unpaired) electrons. The Morgan fingerprint density at radius 2 is 1.93 bits per heavy atom. The van der Waals surface area contributed by atoms with Crippen LogP contribution in [0.4, 0.5) is 0 Å². The average molecular weight is 377 g/mol. The maximum Gasteiger partial charge on any atom is 0.254 e. The van der Waals surface area contributed by atoms with Crippen molar-refractivity contribution in [2.24, 2.45) is 0 Å². The van der Waals surface area contributed by atoms with Crippen molar-refractivity contribution in [1.82, 2.24) is 14.8 Å². The third kappa shape index (κ3) is 4.16. The minimum atomic E-state index is 0.0946. The van der Waals surface area contributed by atoms with E-state index in [1.165, 1.54) is 5.56 Å². The van der Waals surface area contributed by atoms with Crippen molar-refractivity contribution >= 4 is 5.91 Å². The Labute approximate surface area is 166 Å². The van der Waals surface area contributed by atoms with E-state index in [1.54, 1.807) is 0 Å². The SMILES string of the molecule is CCC1C=CCN1C(=O)c1ccc(-c2ccc(CN3CCOCC3)cn2)cc1. The summed E-state index contributed by atoms with van der Waals surface area (Å²) in [5.41, 5.74) is 3.90. The summed E-state index contributed by atoms with van der Waals surface area (Å²) in [6.45, 7) is 7.29. The van der Waals surface area contributed by atoms with Crippen molar-refractivity contribution in [3.05, 3.63) is 65.9 Å². The number of carbonyl (C=O) groups excluding carboxylic acids is 1. The van der Waals surface area contributed by atoms with Gasteiger partial charge in [0.2, 0.25) is 0 Å². The smallest absolute Gasteiger partial charge is 0.254 e. The molecule has 2 aromatic rings. The summed E-state index contributed by atoms with van der Waals surface area (Å²) in [6, 6.07) is 12.2. The summed E-state index contributed by atoms with van der Waals surface area (Å²) in [6.07, 6.45) is 7.09. The van der Waals surface area contributed by atoms with Gasteiger partial charge in [0.15, 0.2) is 0 Å². The zero-order valence-electron chi connectivity index (χ0n) is 16.4. The molecule has 28 heavy (non-hydrogen) atoms. The fourth-order valence-electron chi connectivity index (χ4n) is 3.82. The molecule has 3 heterocycles. The summed E-state index contributed by atoms with van der Waals surface area (Å²) in [5.74, 6) is 0.0946. The topological polar surface area (TPSA) is 45.7 Å². The number of pyridine rings is 1. The van der Waals surface area contributed by atoms with Crippen molar-refractivity contribution in [2.75, 3.05) is 32.8 Å². The monoisotopic (exact) mass is 377 g/mol. The fraction of sp³-hybridized carbons (Fsp3) is 0.391. The number of hydrogen-bond donors (Lipinski definition) is 0.